The van der Waals surface area contributed by atoms with Crippen molar-refractivity contribution in [3.05, 3.63) is 65.4 Å². The second kappa shape index (κ2) is 7.48. The maximum Gasteiger partial charge on any atom is 0.164 e. The number of hydrogen-bond acceptors (Lipinski definition) is 5. The van der Waals surface area contributed by atoms with Crippen LogP contribution in [0.25, 0.3) is 22.3 Å². The number of fused-ring (bicyclic) bond motifs is 1. The van der Waals surface area contributed by atoms with E-state index in [1.54, 1.807) is 0 Å². The van der Waals surface area contributed by atoms with Gasteiger partial charge < -0.3 is 10.5 Å². The maximum absolute atomic E-state index is 6.21. The molecule has 0 saturated heterocycles. The fourth-order valence-electron chi connectivity index (χ4n) is 3.07. The number of nitrogens with zero attached hydrogens (tertiary/aromatic N) is 4. The quantitative estimate of drug-likeness (QED) is 0.522. The average molecular weight is 394 g/mol. The van der Waals surface area contributed by atoms with Crippen LogP contribution in [0.1, 0.15) is 25.5 Å². The lowest BCUT2D eigenvalue weighted by Gasteiger charge is -2.09. The molecule has 0 bridgehead atoms. The van der Waals surface area contributed by atoms with Gasteiger partial charge in [-0.3, -0.25) is 0 Å². The number of halogens is 1. The van der Waals surface area contributed by atoms with Crippen molar-refractivity contribution in [3.8, 4) is 17.0 Å². The van der Waals surface area contributed by atoms with Gasteiger partial charge in [0.1, 0.15) is 30.2 Å². The number of ether oxygens (including phenoxy) is 1. The molecule has 2 heterocycles. The minimum atomic E-state index is 0.144. The van der Waals surface area contributed by atoms with Crippen molar-refractivity contribution >= 4 is 28.5 Å². The Morgan fingerprint density at radius 1 is 1.11 bits per heavy atom. The van der Waals surface area contributed by atoms with Gasteiger partial charge in [0.25, 0.3) is 0 Å². The van der Waals surface area contributed by atoms with Gasteiger partial charge in [0.05, 0.1) is 5.39 Å². The number of anilines is 1. The van der Waals surface area contributed by atoms with Gasteiger partial charge >= 0.3 is 0 Å². The first-order valence-electron chi connectivity index (χ1n) is 9.00. The van der Waals surface area contributed by atoms with E-state index in [2.05, 4.69) is 23.8 Å². The molecule has 7 heteroatoms. The van der Waals surface area contributed by atoms with Crippen LogP contribution in [0.5, 0.6) is 5.75 Å². The Balaban J connectivity index is 1.71. The zero-order valence-electron chi connectivity index (χ0n) is 15.6. The van der Waals surface area contributed by atoms with Gasteiger partial charge in [-0.05, 0) is 32.0 Å². The topological polar surface area (TPSA) is 78.9 Å². The number of aromatic nitrogens is 4. The SMILES string of the molecule is CC(C)n1nc(-c2cccc(OCc3ccccc3Cl)c2)c2c(N)ncnc21. The molecule has 28 heavy (non-hydrogen) atoms. The smallest absolute Gasteiger partial charge is 0.164 e. The number of rotatable bonds is 5. The number of nitrogens with two attached hydrogens (primary N) is 1. The van der Waals surface area contributed by atoms with Crippen LogP contribution in [0.3, 0.4) is 0 Å². The number of hydrogen-bond donors (Lipinski definition) is 1. The molecule has 0 aliphatic carbocycles. The van der Waals surface area contributed by atoms with E-state index in [1.165, 1.54) is 6.33 Å². The first kappa shape index (κ1) is 18.3. The molecule has 0 spiro atoms. The fraction of sp³-hybridized carbons (Fsp3) is 0.190. The summed E-state index contributed by atoms with van der Waals surface area (Å²) in [5.41, 5.74) is 9.43. The molecule has 0 radical (unpaired) electrons. The van der Waals surface area contributed by atoms with Gasteiger partial charge in [-0.1, -0.05) is 41.9 Å². The molecule has 0 unspecified atom stereocenters. The van der Waals surface area contributed by atoms with Gasteiger partial charge in [-0.25, -0.2) is 14.6 Å². The Morgan fingerprint density at radius 2 is 1.93 bits per heavy atom. The first-order valence-corrected chi connectivity index (χ1v) is 9.37. The summed E-state index contributed by atoms with van der Waals surface area (Å²) in [6, 6.07) is 15.5. The molecule has 4 aromatic rings. The predicted molar refractivity (Wildman–Crippen MR) is 111 cm³/mol. The molecule has 0 atom stereocenters. The molecule has 142 valence electrons. The van der Waals surface area contributed by atoms with Gasteiger partial charge in [0.2, 0.25) is 0 Å². The Hall–Kier alpha value is -3.12. The van der Waals surface area contributed by atoms with Crippen LogP contribution in [-0.4, -0.2) is 19.7 Å². The summed E-state index contributed by atoms with van der Waals surface area (Å²) in [4.78, 5) is 8.52. The summed E-state index contributed by atoms with van der Waals surface area (Å²) < 4.78 is 7.81. The van der Waals surface area contributed by atoms with Crippen molar-refractivity contribution in [2.45, 2.75) is 26.5 Å². The van der Waals surface area contributed by atoms with Gasteiger partial charge in [-0.2, -0.15) is 5.10 Å². The molecule has 0 aliphatic rings. The summed E-state index contributed by atoms with van der Waals surface area (Å²) >= 11 is 6.21. The van der Waals surface area contributed by atoms with Crippen molar-refractivity contribution in [2.24, 2.45) is 0 Å². The highest BCUT2D eigenvalue weighted by Crippen LogP contribution is 2.33. The van der Waals surface area contributed by atoms with E-state index in [0.29, 0.717) is 17.4 Å². The normalized spacial score (nSPS) is 11.3. The Labute approximate surface area is 167 Å². The summed E-state index contributed by atoms with van der Waals surface area (Å²) in [6.07, 6.45) is 1.46. The predicted octanol–water partition coefficient (Wildman–Crippen LogP) is 4.89. The third-order valence-corrected chi connectivity index (χ3v) is 4.84. The van der Waals surface area contributed by atoms with E-state index in [9.17, 15) is 0 Å². The van der Waals surface area contributed by atoms with Crippen molar-refractivity contribution in [2.75, 3.05) is 5.73 Å². The van der Waals surface area contributed by atoms with E-state index in [1.807, 2.05) is 53.2 Å². The molecular weight excluding hydrogens is 374 g/mol. The van der Waals surface area contributed by atoms with E-state index < -0.39 is 0 Å². The zero-order chi connectivity index (χ0) is 19.7. The second-order valence-corrected chi connectivity index (χ2v) is 7.16. The summed E-state index contributed by atoms with van der Waals surface area (Å²) in [7, 11) is 0. The monoisotopic (exact) mass is 393 g/mol. The molecule has 0 aliphatic heterocycles. The summed E-state index contributed by atoms with van der Waals surface area (Å²) in [6.45, 7) is 4.49. The van der Waals surface area contributed by atoms with Gasteiger partial charge in [0, 0.05) is 22.2 Å². The van der Waals surface area contributed by atoms with E-state index in [4.69, 9.17) is 27.2 Å². The lowest BCUT2D eigenvalue weighted by atomic mass is 10.1. The summed E-state index contributed by atoms with van der Waals surface area (Å²) in [5.74, 6) is 1.13. The van der Waals surface area contributed by atoms with Crippen LogP contribution in [0.4, 0.5) is 5.82 Å². The minimum Gasteiger partial charge on any atom is -0.489 e. The highest BCUT2D eigenvalue weighted by molar-refractivity contribution is 6.31. The zero-order valence-corrected chi connectivity index (χ0v) is 16.4. The van der Waals surface area contributed by atoms with Crippen molar-refractivity contribution < 1.29 is 4.74 Å². The second-order valence-electron chi connectivity index (χ2n) is 6.75. The van der Waals surface area contributed by atoms with Crippen LogP contribution in [0.15, 0.2) is 54.9 Å². The summed E-state index contributed by atoms with van der Waals surface area (Å²) in [5, 5.41) is 6.19. The van der Waals surface area contributed by atoms with E-state index >= 15 is 0 Å². The lowest BCUT2D eigenvalue weighted by molar-refractivity contribution is 0.306. The van der Waals surface area contributed by atoms with E-state index in [0.717, 1.165) is 33.6 Å². The Kier molecular flexibility index (Phi) is 4.88. The van der Waals surface area contributed by atoms with Crippen LogP contribution in [0.2, 0.25) is 5.02 Å². The average Bonchev–Trinajstić information content (AvgIpc) is 3.09. The molecule has 2 aromatic heterocycles. The first-order chi connectivity index (χ1) is 13.5. The molecule has 0 amide bonds. The lowest BCUT2D eigenvalue weighted by Crippen LogP contribution is -2.04. The maximum atomic E-state index is 6.21. The van der Waals surface area contributed by atoms with Crippen LogP contribution < -0.4 is 10.5 Å². The Morgan fingerprint density at radius 3 is 2.71 bits per heavy atom. The number of benzene rings is 2. The Bertz CT molecular complexity index is 1140. The van der Waals surface area contributed by atoms with E-state index in [-0.39, 0.29) is 6.04 Å². The standard InChI is InChI=1S/C21H20ClN5O/c1-13(2)27-21-18(20(23)24-12-25-21)19(26-27)14-7-5-8-16(10-14)28-11-15-6-3-4-9-17(15)22/h3-10,12-13H,11H2,1-2H3,(H2,23,24,25). The van der Waals surface area contributed by atoms with Crippen LogP contribution in [-0.2, 0) is 6.61 Å². The third-order valence-electron chi connectivity index (χ3n) is 4.47. The molecule has 4 rings (SSSR count). The number of nitrogen functional groups attached to an aromatic ring is 1. The van der Waals surface area contributed by atoms with Gasteiger partial charge in [-0.15, -0.1) is 0 Å². The molecule has 0 fully saturated rings. The highest BCUT2D eigenvalue weighted by atomic mass is 35.5. The van der Waals surface area contributed by atoms with Crippen molar-refractivity contribution in [3.63, 3.8) is 0 Å². The molecule has 2 N–H and O–H groups in total. The molecule has 6 nitrogen and oxygen atoms in total. The van der Waals surface area contributed by atoms with Crippen LogP contribution in [0, 0.1) is 0 Å². The fourth-order valence-corrected chi connectivity index (χ4v) is 3.26. The largest absolute Gasteiger partial charge is 0.489 e. The molecule has 2 aromatic carbocycles. The van der Waals surface area contributed by atoms with Crippen molar-refractivity contribution in [1.82, 2.24) is 19.7 Å². The van der Waals surface area contributed by atoms with Gasteiger partial charge in [0.15, 0.2) is 5.65 Å². The highest BCUT2D eigenvalue weighted by Gasteiger charge is 2.18. The third kappa shape index (κ3) is 3.39. The molecular formula is C21H20ClN5O. The van der Waals surface area contributed by atoms with Crippen molar-refractivity contribution in [1.29, 1.82) is 0 Å². The molecule has 0 saturated carbocycles. The van der Waals surface area contributed by atoms with Crippen LogP contribution >= 0.6 is 11.6 Å². The minimum absolute atomic E-state index is 0.144.